The Balaban J connectivity index is 1.95. The van der Waals surface area contributed by atoms with Crippen molar-refractivity contribution >= 4 is 29.3 Å². The van der Waals surface area contributed by atoms with Crippen LogP contribution in [0, 0.1) is 0 Å². The molecule has 0 saturated carbocycles. The number of hydrogen-bond acceptors (Lipinski definition) is 2. The van der Waals surface area contributed by atoms with Crippen LogP contribution in [0.3, 0.4) is 0 Å². The van der Waals surface area contributed by atoms with E-state index in [1.807, 2.05) is 0 Å². The van der Waals surface area contributed by atoms with E-state index in [1.54, 1.807) is 18.2 Å². The number of hydrogen-bond donors (Lipinski definition) is 1. The van der Waals surface area contributed by atoms with Gasteiger partial charge in [-0.2, -0.15) is 0 Å². The first kappa shape index (κ1) is 13.5. The molecule has 0 amide bonds. The summed E-state index contributed by atoms with van der Waals surface area (Å²) in [5.41, 5.74) is 3.09. The van der Waals surface area contributed by atoms with Crippen LogP contribution < -0.4 is 0 Å². The van der Waals surface area contributed by atoms with Crippen molar-refractivity contribution in [2.45, 2.75) is 29.1 Å². The number of carboxylic acids is 1. The molecule has 2 nitrogen and oxygen atoms in total. The van der Waals surface area contributed by atoms with Gasteiger partial charge in [-0.15, -0.1) is 0 Å². The van der Waals surface area contributed by atoms with Gasteiger partial charge in [0, 0.05) is 14.8 Å². The second-order valence-electron chi connectivity index (χ2n) is 4.83. The lowest BCUT2D eigenvalue weighted by molar-refractivity contribution is 0.0693. The lowest BCUT2D eigenvalue weighted by Gasteiger charge is -2.08. The summed E-state index contributed by atoms with van der Waals surface area (Å²) in [6.45, 7) is 0. The van der Waals surface area contributed by atoms with E-state index in [0.717, 1.165) is 17.7 Å². The molecule has 20 heavy (non-hydrogen) atoms. The normalized spacial score (nSPS) is 13.2. The Hall–Kier alpha value is -1.45. The van der Waals surface area contributed by atoms with Gasteiger partial charge in [-0.3, -0.25) is 0 Å². The smallest absolute Gasteiger partial charge is 0.336 e. The lowest BCUT2D eigenvalue weighted by atomic mass is 10.1. The molecule has 1 aliphatic carbocycles. The van der Waals surface area contributed by atoms with E-state index >= 15 is 0 Å². The van der Waals surface area contributed by atoms with Crippen LogP contribution in [-0.4, -0.2) is 11.1 Å². The summed E-state index contributed by atoms with van der Waals surface area (Å²) >= 11 is 7.43. The number of aryl methyl sites for hydroxylation is 2. The fraction of sp³-hybridized carbons (Fsp3) is 0.188. The first-order valence-electron chi connectivity index (χ1n) is 6.46. The van der Waals surface area contributed by atoms with Gasteiger partial charge in [0.05, 0.1) is 5.56 Å². The summed E-state index contributed by atoms with van der Waals surface area (Å²) in [6, 6.07) is 11.2. The monoisotopic (exact) mass is 304 g/mol. The molecular weight excluding hydrogens is 292 g/mol. The highest BCUT2D eigenvalue weighted by atomic mass is 35.5. The molecule has 0 radical (unpaired) electrons. The minimum Gasteiger partial charge on any atom is -0.478 e. The quantitative estimate of drug-likeness (QED) is 0.894. The van der Waals surface area contributed by atoms with Crippen LogP contribution in [-0.2, 0) is 12.8 Å². The summed E-state index contributed by atoms with van der Waals surface area (Å²) in [4.78, 5) is 13.0. The molecule has 0 saturated heterocycles. The molecular formula is C16H13ClO2S. The van der Waals surface area contributed by atoms with E-state index in [9.17, 15) is 9.90 Å². The molecule has 0 spiro atoms. The van der Waals surface area contributed by atoms with Crippen molar-refractivity contribution in [3.63, 3.8) is 0 Å². The molecule has 102 valence electrons. The first-order chi connectivity index (χ1) is 9.63. The Bertz CT molecular complexity index is 682. The largest absolute Gasteiger partial charge is 0.478 e. The third-order valence-corrected chi connectivity index (χ3v) is 4.75. The predicted molar refractivity (Wildman–Crippen MR) is 81.0 cm³/mol. The van der Waals surface area contributed by atoms with Gasteiger partial charge in [0.15, 0.2) is 0 Å². The zero-order valence-corrected chi connectivity index (χ0v) is 12.3. The highest BCUT2D eigenvalue weighted by Gasteiger charge is 2.14. The standard InChI is InChI=1S/C16H13ClO2S/c17-12-5-7-14(16(18)19)15(9-12)20-13-6-4-10-2-1-3-11(10)8-13/h4-9H,1-3H2,(H,18,19). The molecule has 0 aliphatic heterocycles. The average molecular weight is 305 g/mol. The van der Waals surface area contributed by atoms with Crippen molar-refractivity contribution in [1.82, 2.24) is 0 Å². The number of rotatable bonds is 3. The summed E-state index contributed by atoms with van der Waals surface area (Å²) in [6.07, 6.45) is 3.48. The van der Waals surface area contributed by atoms with Crippen LogP contribution >= 0.6 is 23.4 Å². The SMILES string of the molecule is O=C(O)c1ccc(Cl)cc1Sc1ccc2c(c1)CCC2. The second-order valence-corrected chi connectivity index (χ2v) is 6.38. The number of benzene rings is 2. The number of fused-ring (bicyclic) bond motifs is 1. The van der Waals surface area contributed by atoms with E-state index in [1.165, 1.54) is 29.3 Å². The van der Waals surface area contributed by atoms with Gasteiger partial charge in [0.2, 0.25) is 0 Å². The van der Waals surface area contributed by atoms with Crippen LogP contribution in [0.15, 0.2) is 46.2 Å². The van der Waals surface area contributed by atoms with Gasteiger partial charge in [-0.1, -0.05) is 29.4 Å². The van der Waals surface area contributed by atoms with Crippen LogP contribution in [0.4, 0.5) is 0 Å². The molecule has 3 rings (SSSR count). The topological polar surface area (TPSA) is 37.3 Å². The lowest BCUT2D eigenvalue weighted by Crippen LogP contribution is -1.98. The first-order valence-corrected chi connectivity index (χ1v) is 7.65. The van der Waals surface area contributed by atoms with Crippen molar-refractivity contribution in [3.8, 4) is 0 Å². The van der Waals surface area contributed by atoms with Gasteiger partial charge in [-0.05, 0) is 60.7 Å². The third kappa shape index (κ3) is 2.69. The van der Waals surface area contributed by atoms with E-state index < -0.39 is 5.97 Å². The number of aromatic carboxylic acids is 1. The highest BCUT2D eigenvalue weighted by molar-refractivity contribution is 7.99. The van der Waals surface area contributed by atoms with Gasteiger partial charge in [0.25, 0.3) is 0 Å². The molecule has 2 aromatic carbocycles. The number of carboxylic acid groups (broad SMARTS) is 1. The van der Waals surface area contributed by atoms with Gasteiger partial charge >= 0.3 is 5.97 Å². The second kappa shape index (κ2) is 5.51. The van der Waals surface area contributed by atoms with E-state index in [4.69, 9.17) is 11.6 Å². The Kier molecular flexibility index (Phi) is 3.72. The summed E-state index contributed by atoms with van der Waals surface area (Å²) < 4.78 is 0. The van der Waals surface area contributed by atoms with Crippen LogP contribution in [0.1, 0.15) is 27.9 Å². The summed E-state index contributed by atoms with van der Waals surface area (Å²) in [5.74, 6) is -0.926. The van der Waals surface area contributed by atoms with Gasteiger partial charge in [-0.25, -0.2) is 4.79 Å². The zero-order valence-electron chi connectivity index (χ0n) is 10.7. The average Bonchev–Trinajstić information content (AvgIpc) is 2.85. The molecule has 0 atom stereocenters. The molecule has 0 unspecified atom stereocenters. The molecule has 4 heteroatoms. The minimum atomic E-state index is -0.926. The third-order valence-electron chi connectivity index (χ3n) is 3.47. The Labute approximate surface area is 126 Å². The van der Waals surface area contributed by atoms with Crippen LogP contribution in [0.2, 0.25) is 5.02 Å². The molecule has 1 N–H and O–H groups in total. The van der Waals surface area contributed by atoms with Crippen LogP contribution in [0.5, 0.6) is 0 Å². The molecule has 0 heterocycles. The Morgan fingerprint density at radius 3 is 2.70 bits per heavy atom. The summed E-state index contributed by atoms with van der Waals surface area (Å²) in [7, 11) is 0. The fourth-order valence-corrected chi connectivity index (χ4v) is 3.78. The predicted octanol–water partition coefficient (Wildman–Crippen LogP) is 4.68. The van der Waals surface area contributed by atoms with Gasteiger partial charge < -0.3 is 5.11 Å². The Morgan fingerprint density at radius 2 is 1.90 bits per heavy atom. The van der Waals surface area contributed by atoms with Crippen LogP contribution in [0.25, 0.3) is 0 Å². The number of halogens is 1. The molecule has 1 aliphatic rings. The van der Waals surface area contributed by atoms with Crippen molar-refractivity contribution < 1.29 is 9.90 Å². The van der Waals surface area contributed by atoms with Crippen molar-refractivity contribution in [1.29, 1.82) is 0 Å². The molecule has 2 aromatic rings. The molecule has 0 fully saturated rings. The van der Waals surface area contributed by atoms with Crippen molar-refractivity contribution in [2.24, 2.45) is 0 Å². The zero-order chi connectivity index (χ0) is 14.1. The maximum Gasteiger partial charge on any atom is 0.336 e. The fourth-order valence-electron chi connectivity index (χ4n) is 2.50. The van der Waals surface area contributed by atoms with Crippen molar-refractivity contribution in [3.05, 3.63) is 58.1 Å². The van der Waals surface area contributed by atoms with Crippen molar-refractivity contribution in [2.75, 3.05) is 0 Å². The molecule has 0 aromatic heterocycles. The number of carbonyl (C=O) groups is 1. The van der Waals surface area contributed by atoms with E-state index in [-0.39, 0.29) is 0 Å². The maximum atomic E-state index is 11.3. The molecule has 0 bridgehead atoms. The van der Waals surface area contributed by atoms with E-state index in [2.05, 4.69) is 18.2 Å². The van der Waals surface area contributed by atoms with Gasteiger partial charge in [0.1, 0.15) is 0 Å². The summed E-state index contributed by atoms with van der Waals surface area (Å²) in [5, 5.41) is 9.79. The minimum absolute atomic E-state index is 0.292. The van der Waals surface area contributed by atoms with E-state index in [0.29, 0.717) is 15.5 Å². The highest BCUT2D eigenvalue weighted by Crippen LogP contribution is 2.35. The Morgan fingerprint density at radius 1 is 1.10 bits per heavy atom. The maximum absolute atomic E-state index is 11.3.